The quantitative estimate of drug-likeness (QED) is 0.736. The van der Waals surface area contributed by atoms with Crippen LogP contribution in [-0.4, -0.2) is 22.6 Å². The van der Waals surface area contributed by atoms with Gasteiger partial charge in [0, 0.05) is 34.6 Å². The van der Waals surface area contributed by atoms with Crippen LogP contribution in [0.4, 0.5) is 0 Å². The molecule has 6 heteroatoms. The minimum atomic E-state index is -0.0866. The summed E-state index contributed by atoms with van der Waals surface area (Å²) in [4.78, 5) is 18.0. The molecule has 25 heavy (non-hydrogen) atoms. The molecule has 0 atom stereocenters. The van der Waals surface area contributed by atoms with E-state index >= 15 is 0 Å². The van der Waals surface area contributed by atoms with Gasteiger partial charge in [-0.25, -0.2) is 4.98 Å². The third kappa shape index (κ3) is 3.74. The molecule has 3 heterocycles. The van der Waals surface area contributed by atoms with Crippen molar-refractivity contribution in [2.75, 3.05) is 7.11 Å². The highest BCUT2D eigenvalue weighted by atomic mass is 32.1. The number of aromatic nitrogens is 2. The molecule has 3 rings (SSSR count). The Morgan fingerprint density at radius 2 is 2.16 bits per heavy atom. The molecule has 0 aliphatic heterocycles. The van der Waals surface area contributed by atoms with Gasteiger partial charge in [-0.3, -0.25) is 4.79 Å². The second-order valence-corrected chi connectivity index (χ2v) is 6.84. The van der Waals surface area contributed by atoms with Crippen LogP contribution >= 0.6 is 11.3 Å². The maximum atomic E-state index is 12.6. The number of rotatable bonds is 6. The molecule has 0 fully saturated rings. The van der Waals surface area contributed by atoms with Crippen LogP contribution in [0.2, 0.25) is 0 Å². The van der Waals surface area contributed by atoms with E-state index in [0.717, 1.165) is 23.5 Å². The zero-order valence-electron chi connectivity index (χ0n) is 14.6. The van der Waals surface area contributed by atoms with Crippen molar-refractivity contribution >= 4 is 17.2 Å². The first-order valence-electron chi connectivity index (χ1n) is 8.05. The van der Waals surface area contributed by atoms with Crippen LogP contribution in [0.1, 0.15) is 32.2 Å². The molecule has 0 aromatic carbocycles. The van der Waals surface area contributed by atoms with Crippen molar-refractivity contribution in [3.63, 3.8) is 0 Å². The predicted molar refractivity (Wildman–Crippen MR) is 99.3 cm³/mol. The highest BCUT2D eigenvalue weighted by molar-refractivity contribution is 7.09. The Hall–Kier alpha value is -2.60. The Labute approximate surface area is 151 Å². The fourth-order valence-electron chi connectivity index (χ4n) is 2.85. The third-order valence-electron chi connectivity index (χ3n) is 4.20. The number of carbonyl (C=O) groups excluding carboxylic acids is 1. The summed E-state index contributed by atoms with van der Waals surface area (Å²) in [5.74, 6) is 0.447. The normalized spacial score (nSPS) is 10.7. The number of pyridine rings is 1. The van der Waals surface area contributed by atoms with Gasteiger partial charge < -0.3 is 14.6 Å². The first-order chi connectivity index (χ1) is 12.1. The SMILES string of the molecule is COc1ncccc1CNC(=O)c1cc(C)n(Cc2cccs2)c1C. The van der Waals surface area contributed by atoms with Crippen LogP contribution in [0.5, 0.6) is 5.88 Å². The molecule has 0 aliphatic carbocycles. The molecule has 1 amide bonds. The lowest BCUT2D eigenvalue weighted by Crippen LogP contribution is -2.23. The zero-order valence-corrected chi connectivity index (χ0v) is 15.4. The van der Waals surface area contributed by atoms with Crippen LogP contribution in [-0.2, 0) is 13.1 Å². The van der Waals surface area contributed by atoms with E-state index in [0.29, 0.717) is 18.0 Å². The van der Waals surface area contributed by atoms with Gasteiger partial charge in [0.15, 0.2) is 0 Å². The minimum Gasteiger partial charge on any atom is -0.481 e. The standard InChI is InChI=1S/C19H21N3O2S/c1-13-10-17(14(2)22(13)12-16-7-5-9-25-16)18(23)21-11-15-6-4-8-20-19(15)24-3/h4-10H,11-12H2,1-3H3,(H,21,23). The molecule has 0 bridgehead atoms. The van der Waals surface area contributed by atoms with Gasteiger partial charge in [0.05, 0.1) is 19.2 Å². The Balaban J connectivity index is 1.74. The van der Waals surface area contributed by atoms with E-state index in [1.807, 2.05) is 38.1 Å². The number of nitrogens with one attached hydrogen (secondary N) is 1. The van der Waals surface area contributed by atoms with Gasteiger partial charge >= 0.3 is 0 Å². The van der Waals surface area contributed by atoms with Crippen molar-refractivity contribution < 1.29 is 9.53 Å². The molecule has 0 saturated carbocycles. The lowest BCUT2D eigenvalue weighted by atomic mass is 10.2. The number of hydrogen-bond donors (Lipinski definition) is 1. The fourth-order valence-corrected chi connectivity index (χ4v) is 3.54. The van der Waals surface area contributed by atoms with E-state index in [9.17, 15) is 4.79 Å². The van der Waals surface area contributed by atoms with Gasteiger partial charge in [-0.05, 0) is 37.4 Å². The molecular weight excluding hydrogens is 334 g/mol. The summed E-state index contributed by atoms with van der Waals surface area (Å²) >= 11 is 1.72. The maximum absolute atomic E-state index is 12.6. The molecule has 130 valence electrons. The van der Waals surface area contributed by atoms with Crippen LogP contribution in [0, 0.1) is 13.8 Å². The van der Waals surface area contributed by atoms with E-state index in [1.54, 1.807) is 24.6 Å². The van der Waals surface area contributed by atoms with E-state index in [1.165, 1.54) is 4.88 Å². The Bertz CT molecular complexity index is 869. The molecule has 5 nitrogen and oxygen atoms in total. The third-order valence-corrected chi connectivity index (χ3v) is 5.06. The molecule has 0 saturated heterocycles. The lowest BCUT2D eigenvalue weighted by molar-refractivity contribution is 0.0950. The summed E-state index contributed by atoms with van der Waals surface area (Å²) in [6.45, 7) is 5.19. The first-order valence-corrected chi connectivity index (χ1v) is 8.93. The zero-order chi connectivity index (χ0) is 17.8. The number of thiophene rings is 1. The largest absolute Gasteiger partial charge is 0.481 e. The average Bonchev–Trinajstić information content (AvgIpc) is 3.23. The Morgan fingerprint density at radius 3 is 2.88 bits per heavy atom. The van der Waals surface area contributed by atoms with Gasteiger partial charge in [0.25, 0.3) is 5.91 Å². The van der Waals surface area contributed by atoms with Crippen molar-refractivity contribution in [3.05, 3.63) is 69.3 Å². The Kier molecular flexibility index (Phi) is 5.19. The van der Waals surface area contributed by atoms with E-state index in [4.69, 9.17) is 4.74 Å². The van der Waals surface area contributed by atoms with Gasteiger partial charge in [-0.2, -0.15) is 0 Å². The smallest absolute Gasteiger partial charge is 0.253 e. The molecule has 0 aliphatic rings. The predicted octanol–water partition coefficient (Wildman–Crippen LogP) is 3.55. The molecule has 1 N–H and O–H groups in total. The Morgan fingerprint density at radius 1 is 1.32 bits per heavy atom. The monoisotopic (exact) mass is 355 g/mol. The molecular formula is C19H21N3O2S. The number of ether oxygens (including phenoxy) is 1. The summed E-state index contributed by atoms with van der Waals surface area (Å²) in [6, 6.07) is 9.82. The number of aryl methyl sites for hydroxylation is 1. The van der Waals surface area contributed by atoms with E-state index < -0.39 is 0 Å². The lowest BCUT2D eigenvalue weighted by Gasteiger charge is -2.10. The van der Waals surface area contributed by atoms with E-state index in [-0.39, 0.29) is 5.91 Å². The van der Waals surface area contributed by atoms with Gasteiger partial charge in [-0.15, -0.1) is 11.3 Å². The minimum absolute atomic E-state index is 0.0866. The van der Waals surface area contributed by atoms with Crippen LogP contribution in [0.15, 0.2) is 41.9 Å². The van der Waals surface area contributed by atoms with Crippen molar-refractivity contribution in [3.8, 4) is 5.88 Å². The molecule has 0 unspecified atom stereocenters. The second kappa shape index (κ2) is 7.53. The number of methoxy groups -OCH3 is 1. The number of carbonyl (C=O) groups is 1. The van der Waals surface area contributed by atoms with Crippen molar-refractivity contribution in [2.24, 2.45) is 0 Å². The van der Waals surface area contributed by atoms with Gasteiger partial charge in [-0.1, -0.05) is 12.1 Å². The van der Waals surface area contributed by atoms with Gasteiger partial charge in [0.2, 0.25) is 5.88 Å². The van der Waals surface area contributed by atoms with Crippen molar-refractivity contribution in [2.45, 2.75) is 26.9 Å². The fraction of sp³-hybridized carbons (Fsp3) is 0.263. The second-order valence-electron chi connectivity index (χ2n) is 5.80. The number of amides is 1. The number of nitrogens with zero attached hydrogens (tertiary/aromatic N) is 2. The molecule has 3 aromatic heterocycles. The summed E-state index contributed by atoms with van der Waals surface area (Å²) in [5, 5.41) is 5.03. The summed E-state index contributed by atoms with van der Waals surface area (Å²) in [5.41, 5.74) is 3.61. The van der Waals surface area contributed by atoms with Gasteiger partial charge in [0.1, 0.15) is 0 Å². The van der Waals surface area contributed by atoms with E-state index in [2.05, 4.69) is 26.3 Å². The van der Waals surface area contributed by atoms with Crippen LogP contribution in [0.25, 0.3) is 0 Å². The summed E-state index contributed by atoms with van der Waals surface area (Å²) in [6.07, 6.45) is 1.67. The van der Waals surface area contributed by atoms with Crippen molar-refractivity contribution in [1.29, 1.82) is 0 Å². The molecule has 0 radical (unpaired) electrons. The highest BCUT2D eigenvalue weighted by Crippen LogP contribution is 2.20. The molecule has 3 aromatic rings. The first kappa shape index (κ1) is 17.2. The average molecular weight is 355 g/mol. The van der Waals surface area contributed by atoms with Crippen LogP contribution < -0.4 is 10.1 Å². The topological polar surface area (TPSA) is 56.1 Å². The summed E-state index contributed by atoms with van der Waals surface area (Å²) in [7, 11) is 1.58. The van der Waals surface area contributed by atoms with Crippen LogP contribution in [0.3, 0.4) is 0 Å². The maximum Gasteiger partial charge on any atom is 0.253 e. The highest BCUT2D eigenvalue weighted by Gasteiger charge is 2.16. The molecule has 0 spiro atoms. The van der Waals surface area contributed by atoms with Crippen molar-refractivity contribution in [1.82, 2.24) is 14.9 Å². The number of hydrogen-bond acceptors (Lipinski definition) is 4. The summed E-state index contributed by atoms with van der Waals surface area (Å²) < 4.78 is 7.40.